The first-order valence-electron chi connectivity index (χ1n) is 8.43. The summed E-state index contributed by atoms with van der Waals surface area (Å²) in [7, 11) is 0. The summed E-state index contributed by atoms with van der Waals surface area (Å²) in [5.41, 5.74) is 2.92. The number of amides is 2. The zero-order valence-corrected chi connectivity index (χ0v) is 14.9. The fourth-order valence-corrected chi connectivity index (χ4v) is 4.08. The summed E-state index contributed by atoms with van der Waals surface area (Å²) in [6, 6.07) is 6.27. The lowest BCUT2D eigenvalue weighted by Gasteiger charge is -2.10. The Morgan fingerprint density at radius 2 is 2.08 bits per heavy atom. The smallest absolute Gasteiger partial charge is 0.240 e. The summed E-state index contributed by atoms with van der Waals surface area (Å²) >= 11 is 1.38. The lowest BCUT2D eigenvalue weighted by molar-refractivity contribution is -0.122. The first-order valence-corrected chi connectivity index (χ1v) is 9.31. The highest BCUT2D eigenvalue weighted by molar-refractivity contribution is 8.15. The number of carbonyl (C=O) groups excluding carboxylic acids is 2. The molecule has 1 aliphatic carbocycles. The van der Waals surface area contributed by atoms with Crippen molar-refractivity contribution in [3.63, 3.8) is 0 Å². The van der Waals surface area contributed by atoms with Crippen molar-refractivity contribution in [3.05, 3.63) is 29.3 Å². The van der Waals surface area contributed by atoms with Gasteiger partial charge in [0.15, 0.2) is 5.17 Å². The van der Waals surface area contributed by atoms with Gasteiger partial charge in [-0.25, -0.2) is 0 Å². The molecule has 1 saturated heterocycles. The van der Waals surface area contributed by atoms with Gasteiger partial charge in [0.1, 0.15) is 5.25 Å². The van der Waals surface area contributed by atoms with Gasteiger partial charge >= 0.3 is 0 Å². The average molecular weight is 345 g/mol. The van der Waals surface area contributed by atoms with Crippen molar-refractivity contribution in [2.24, 2.45) is 4.99 Å². The molecule has 0 radical (unpaired) electrons. The highest BCUT2D eigenvalue weighted by atomic mass is 32.2. The Bertz CT molecular complexity index is 681. The van der Waals surface area contributed by atoms with E-state index in [0.717, 1.165) is 29.7 Å². The SMILES string of the molecule is Cc1ccc(C)c(NC(=O)C[C@@H]2SC(=NC3CCCC3)NC2=O)c1. The molecule has 1 aromatic rings. The number of nitrogens with zero attached hydrogens (tertiary/aromatic N) is 1. The monoisotopic (exact) mass is 345 g/mol. The Hall–Kier alpha value is -1.82. The van der Waals surface area contributed by atoms with Crippen LogP contribution < -0.4 is 10.6 Å². The summed E-state index contributed by atoms with van der Waals surface area (Å²) < 4.78 is 0. The van der Waals surface area contributed by atoms with E-state index in [-0.39, 0.29) is 18.2 Å². The lowest BCUT2D eigenvalue weighted by atomic mass is 10.1. The Balaban J connectivity index is 1.58. The van der Waals surface area contributed by atoms with Gasteiger partial charge in [-0.05, 0) is 43.9 Å². The molecule has 2 amide bonds. The second-order valence-electron chi connectivity index (χ2n) is 6.54. The van der Waals surface area contributed by atoms with Crippen LogP contribution in [0.3, 0.4) is 0 Å². The van der Waals surface area contributed by atoms with Gasteiger partial charge in [-0.15, -0.1) is 0 Å². The number of thioether (sulfide) groups is 1. The number of hydrogen-bond donors (Lipinski definition) is 2. The molecular weight excluding hydrogens is 322 g/mol. The van der Waals surface area contributed by atoms with Crippen LogP contribution in [0.5, 0.6) is 0 Å². The van der Waals surface area contributed by atoms with Crippen LogP contribution in [0.2, 0.25) is 0 Å². The minimum absolute atomic E-state index is 0.118. The van der Waals surface area contributed by atoms with E-state index in [9.17, 15) is 9.59 Å². The summed E-state index contributed by atoms with van der Waals surface area (Å²) in [5.74, 6) is -0.258. The Labute approximate surface area is 146 Å². The van der Waals surface area contributed by atoms with Crippen LogP contribution in [0.15, 0.2) is 23.2 Å². The second kappa shape index (κ2) is 7.38. The highest BCUT2D eigenvalue weighted by Crippen LogP contribution is 2.27. The van der Waals surface area contributed by atoms with Crippen LogP contribution in [0, 0.1) is 13.8 Å². The zero-order valence-electron chi connectivity index (χ0n) is 14.1. The lowest BCUT2D eigenvalue weighted by Crippen LogP contribution is -2.28. The molecule has 0 bridgehead atoms. The van der Waals surface area contributed by atoms with E-state index in [2.05, 4.69) is 15.6 Å². The molecule has 1 aromatic carbocycles. The van der Waals surface area contributed by atoms with E-state index >= 15 is 0 Å². The Morgan fingerprint density at radius 1 is 1.33 bits per heavy atom. The third-order valence-electron chi connectivity index (χ3n) is 4.44. The van der Waals surface area contributed by atoms with Crippen molar-refractivity contribution in [2.75, 3.05) is 5.32 Å². The predicted molar refractivity (Wildman–Crippen MR) is 98.4 cm³/mol. The number of hydrogen-bond acceptors (Lipinski definition) is 4. The van der Waals surface area contributed by atoms with Crippen molar-refractivity contribution in [3.8, 4) is 0 Å². The van der Waals surface area contributed by atoms with Crippen LogP contribution in [0.25, 0.3) is 0 Å². The topological polar surface area (TPSA) is 70.6 Å². The number of anilines is 1. The van der Waals surface area contributed by atoms with E-state index in [1.807, 2.05) is 32.0 Å². The molecule has 0 spiro atoms. The number of benzene rings is 1. The van der Waals surface area contributed by atoms with Gasteiger partial charge in [-0.3, -0.25) is 14.6 Å². The average Bonchev–Trinajstić information content (AvgIpc) is 3.14. The molecule has 1 saturated carbocycles. The summed E-state index contributed by atoms with van der Waals surface area (Å²) in [6.07, 6.45) is 4.77. The van der Waals surface area contributed by atoms with E-state index in [0.29, 0.717) is 11.2 Å². The molecule has 2 fully saturated rings. The van der Waals surface area contributed by atoms with Gasteiger partial charge < -0.3 is 10.6 Å². The van der Waals surface area contributed by atoms with Crippen LogP contribution in [0.4, 0.5) is 5.69 Å². The van der Waals surface area contributed by atoms with Gasteiger partial charge in [0.05, 0.1) is 6.04 Å². The van der Waals surface area contributed by atoms with E-state index in [1.165, 1.54) is 24.6 Å². The molecule has 0 unspecified atom stereocenters. The normalized spacial score (nSPS) is 22.8. The molecule has 2 N–H and O–H groups in total. The third kappa shape index (κ3) is 4.17. The fourth-order valence-electron chi connectivity index (χ4n) is 3.04. The van der Waals surface area contributed by atoms with Gasteiger partial charge in [-0.2, -0.15) is 0 Å². The Morgan fingerprint density at radius 3 is 2.83 bits per heavy atom. The van der Waals surface area contributed by atoms with E-state index < -0.39 is 5.25 Å². The van der Waals surface area contributed by atoms with Crippen molar-refractivity contribution in [1.29, 1.82) is 0 Å². The maximum atomic E-state index is 12.3. The first kappa shape index (κ1) is 17.0. The van der Waals surface area contributed by atoms with E-state index in [1.54, 1.807) is 0 Å². The summed E-state index contributed by atoms with van der Waals surface area (Å²) in [6.45, 7) is 3.94. The molecule has 5 nitrogen and oxygen atoms in total. The van der Waals surface area contributed by atoms with Crippen molar-refractivity contribution >= 4 is 34.4 Å². The fraction of sp³-hybridized carbons (Fsp3) is 0.500. The molecule has 1 atom stereocenters. The number of nitrogens with one attached hydrogen (secondary N) is 2. The van der Waals surface area contributed by atoms with Gasteiger partial charge in [0.25, 0.3) is 0 Å². The zero-order chi connectivity index (χ0) is 17.1. The van der Waals surface area contributed by atoms with Crippen molar-refractivity contribution in [2.45, 2.75) is 57.2 Å². The number of rotatable bonds is 4. The molecule has 1 aliphatic heterocycles. The molecule has 6 heteroatoms. The minimum Gasteiger partial charge on any atom is -0.326 e. The van der Waals surface area contributed by atoms with Crippen molar-refractivity contribution in [1.82, 2.24) is 5.32 Å². The first-order chi connectivity index (χ1) is 11.5. The maximum absolute atomic E-state index is 12.3. The molecule has 3 rings (SSSR count). The quantitative estimate of drug-likeness (QED) is 0.880. The van der Waals surface area contributed by atoms with Gasteiger partial charge in [0.2, 0.25) is 11.8 Å². The van der Waals surface area contributed by atoms with Gasteiger partial charge in [-0.1, -0.05) is 36.7 Å². The second-order valence-corrected chi connectivity index (χ2v) is 7.73. The standard InChI is InChI=1S/C18H23N3O2S/c1-11-7-8-12(2)14(9-11)20-16(22)10-15-17(23)21-18(24-15)19-13-5-3-4-6-13/h7-9,13,15H,3-6,10H2,1-2H3,(H,20,22)(H,19,21,23)/t15-/m0/s1. The third-order valence-corrected chi connectivity index (χ3v) is 5.53. The van der Waals surface area contributed by atoms with Crippen LogP contribution in [-0.4, -0.2) is 28.3 Å². The predicted octanol–water partition coefficient (Wildman–Crippen LogP) is 3.16. The Kier molecular flexibility index (Phi) is 5.23. The van der Waals surface area contributed by atoms with Crippen LogP contribution in [-0.2, 0) is 9.59 Å². The van der Waals surface area contributed by atoms with Crippen LogP contribution >= 0.6 is 11.8 Å². The van der Waals surface area contributed by atoms with E-state index in [4.69, 9.17) is 0 Å². The summed E-state index contributed by atoms with van der Waals surface area (Å²) in [4.78, 5) is 29.0. The number of amidine groups is 1. The molecule has 24 heavy (non-hydrogen) atoms. The molecule has 128 valence electrons. The number of aliphatic imine (C=N–C) groups is 1. The highest BCUT2D eigenvalue weighted by Gasteiger charge is 2.32. The van der Waals surface area contributed by atoms with Gasteiger partial charge in [0, 0.05) is 12.1 Å². The molecule has 2 aliphatic rings. The minimum atomic E-state index is -0.393. The molecule has 1 heterocycles. The number of aryl methyl sites for hydroxylation is 2. The largest absolute Gasteiger partial charge is 0.326 e. The van der Waals surface area contributed by atoms with Crippen LogP contribution in [0.1, 0.15) is 43.2 Å². The molecular formula is C18H23N3O2S. The maximum Gasteiger partial charge on any atom is 0.240 e. The van der Waals surface area contributed by atoms with Crippen molar-refractivity contribution < 1.29 is 9.59 Å². The number of carbonyl (C=O) groups is 2. The summed E-state index contributed by atoms with van der Waals surface area (Å²) in [5, 5.41) is 6.01. The molecule has 0 aromatic heterocycles.